The Kier molecular flexibility index (Phi) is 4.09. The smallest absolute Gasteiger partial charge is 0.373 e. The minimum Gasteiger partial charge on any atom is -0.493 e. The summed E-state index contributed by atoms with van der Waals surface area (Å²) in [6.45, 7) is 7.23. The lowest BCUT2D eigenvalue weighted by molar-refractivity contribution is 0.0683. The maximum atomic E-state index is 10.8. The predicted octanol–water partition coefficient (Wildman–Crippen LogP) is 3.80. The number of benzene rings is 1. The molecule has 2 aromatic rings. The van der Waals surface area contributed by atoms with Gasteiger partial charge in [0.05, 0.1) is 6.61 Å². The zero-order valence-electron chi connectivity index (χ0n) is 14.0. The summed E-state index contributed by atoms with van der Waals surface area (Å²) in [6.07, 6.45) is 5.98. The van der Waals surface area contributed by atoms with Crippen LogP contribution in [0.4, 0.5) is 0 Å². The average molecular weight is 324 g/mol. The molecule has 0 fully saturated rings. The van der Waals surface area contributed by atoms with E-state index >= 15 is 0 Å². The van der Waals surface area contributed by atoms with E-state index in [-0.39, 0.29) is 11.2 Å². The summed E-state index contributed by atoms with van der Waals surface area (Å²) < 4.78 is 5.75. The first kappa shape index (κ1) is 16.2. The first-order valence-corrected chi connectivity index (χ1v) is 7.88. The van der Waals surface area contributed by atoms with Crippen molar-refractivity contribution in [3.8, 4) is 5.75 Å². The van der Waals surface area contributed by atoms with E-state index in [1.807, 2.05) is 25.1 Å². The second kappa shape index (κ2) is 6.07. The second-order valence-electron chi connectivity index (χ2n) is 6.67. The Morgan fingerprint density at radius 1 is 1.29 bits per heavy atom. The van der Waals surface area contributed by atoms with E-state index in [0.717, 1.165) is 35.5 Å². The topological polar surface area (TPSA) is 72.3 Å². The van der Waals surface area contributed by atoms with Gasteiger partial charge in [-0.2, -0.15) is 0 Å². The molecular weight excluding hydrogens is 304 g/mol. The van der Waals surface area contributed by atoms with E-state index in [2.05, 4.69) is 29.9 Å². The van der Waals surface area contributed by atoms with Gasteiger partial charge in [-0.05, 0) is 48.1 Å². The Labute approximate surface area is 141 Å². The zero-order chi connectivity index (χ0) is 17.3. The van der Waals surface area contributed by atoms with Gasteiger partial charge in [0.2, 0.25) is 5.82 Å². The molecule has 0 saturated carbocycles. The minimum absolute atomic E-state index is 0.0934. The number of allylic oxidation sites excluding steroid dienone is 1. The van der Waals surface area contributed by atoms with Crippen molar-refractivity contribution in [2.24, 2.45) is 0 Å². The molecule has 0 spiro atoms. The third-order valence-electron chi connectivity index (χ3n) is 4.39. The van der Waals surface area contributed by atoms with E-state index in [1.165, 1.54) is 18.0 Å². The van der Waals surface area contributed by atoms with Crippen molar-refractivity contribution in [1.82, 2.24) is 9.97 Å². The number of rotatable bonds is 3. The number of carboxylic acid groups (broad SMARTS) is 1. The Morgan fingerprint density at radius 2 is 2.00 bits per heavy atom. The molecule has 1 aromatic carbocycles. The summed E-state index contributed by atoms with van der Waals surface area (Å²) in [5.74, 6) is -0.367. The molecule has 1 aliphatic rings. The first-order chi connectivity index (χ1) is 11.4. The molecule has 24 heavy (non-hydrogen) atoms. The fraction of sp³-hybridized carbons (Fsp3) is 0.316. The predicted molar refractivity (Wildman–Crippen MR) is 92.1 cm³/mol. The summed E-state index contributed by atoms with van der Waals surface area (Å²) in [4.78, 5) is 18.5. The fourth-order valence-corrected chi connectivity index (χ4v) is 2.84. The normalized spacial score (nSPS) is 16.2. The van der Waals surface area contributed by atoms with Crippen LogP contribution in [0.1, 0.15) is 54.5 Å². The number of aromatic nitrogens is 2. The summed E-state index contributed by atoms with van der Waals surface area (Å²) in [6, 6.07) is 6.23. The van der Waals surface area contributed by atoms with Crippen LogP contribution in [0.25, 0.3) is 11.6 Å². The molecular formula is C19H20N2O3. The number of carbonyl (C=O) groups is 1. The van der Waals surface area contributed by atoms with Gasteiger partial charge in [0.25, 0.3) is 0 Å². The number of aromatic carboxylic acids is 1. The molecule has 0 unspecified atom stereocenters. The van der Waals surface area contributed by atoms with Gasteiger partial charge in [0.15, 0.2) is 0 Å². The second-order valence-corrected chi connectivity index (χ2v) is 6.67. The summed E-state index contributed by atoms with van der Waals surface area (Å²) in [5, 5.41) is 8.84. The number of hydrogen-bond donors (Lipinski definition) is 1. The Bertz CT molecular complexity index is 808. The van der Waals surface area contributed by atoms with E-state index in [1.54, 1.807) is 0 Å². The molecule has 2 heterocycles. The van der Waals surface area contributed by atoms with Crippen LogP contribution < -0.4 is 4.74 Å². The van der Waals surface area contributed by atoms with Gasteiger partial charge in [0, 0.05) is 23.5 Å². The lowest BCUT2D eigenvalue weighted by Crippen LogP contribution is -2.26. The highest BCUT2D eigenvalue weighted by atomic mass is 16.5. The van der Waals surface area contributed by atoms with Crippen molar-refractivity contribution >= 4 is 17.6 Å². The fourth-order valence-electron chi connectivity index (χ4n) is 2.84. The van der Waals surface area contributed by atoms with Gasteiger partial charge >= 0.3 is 5.97 Å². The van der Waals surface area contributed by atoms with Gasteiger partial charge in [0.1, 0.15) is 5.75 Å². The Morgan fingerprint density at radius 3 is 2.67 bits per heavy atom. The molecule has 0 radical (unpaired) electrons. The van der Waals surface area contributed by atoms with E-state index in [9.17, 15) is 4.79 Å². The largest absolute Gasteiger partial charge is 0.493 e. The highest BCUT2D eigenvalue weighted by Crippen LogP contribution is 2.39. The molecule has 3 rings (SSSR count). The molecule has 0 atom stereocenters. The SMILES string of the molecule is CC(=Cc1cnc(C(=O)O)nc1)c1ccc2c(c1)C(C)(C)CCO2. The summed E-state index contributed by atoms with van der Waals surface area (Å²) in [7, 11) is 0. The van der Waals surface area contributed by atoms with Crippen molar-refractivity contribution in [3.63, 3.8) is 0 Å². The molecule has 0 bridgehead atoms. The van der Waals surface area contributed by atoms with Gasteiger partial charge in [-0.15, -0.1) is 0 Å². The van der Waals surface area contributed by atoms with Crippen molar-refractivity contribution in [1.29, 1.82) is 0 Å². The van der Waals surface area contributed by atoms with Crippen molar-refractivity contribution in [2.45, 2.75) is 32.6 Å². The van der Waals surface area contributed by atoms with Crippen LogP contribution in [-0.4, -0.2) is 27.7 Å². The van der Waals surface area contributed by atoms with Crippen LogP contribution in [0.3, 0.4) is 0 Å². The Hall–Kier alpha value is -2.69. The lowest BCUT2D eigenvalue weighted by atomic mass is 9.79. The first-order valence-electron chi connectivity index (χ1n) is 7.88. The standard InChI is InChI=1S/C19H20N2O3/c1-12(8-13-10-20-17(18(22)23)21-11-13)14-4-5-16-15(9-14)19(2,3)6-7-24-16/h4-5,8-11H,6-7H2,1-3H3,(H,22,23). The van der Waals surface area contributed by atoms with Crippen molar-refractivity contribution < 1.29 is 14.6 Å². The number of nitrogens with zero attached hydrogens (tertiary/aromatic N) is 2. The lowest BCUT2D eigenvalue weighted by Gasteiger charge is -2.32. The number of ether oxygens (including phenoxy) is 1. The minimum atomic E-state index is -1.13. The van der Waals surface area contributed by atoms with Crippen LogP contribution in [0.5, 0.6) is 5.75 Å². The van der Waals surface area contributed by atoms with Crippen LogP contribution in [0.15, 0.2) is 30.6 Å². The molecule has 0 aliphatic carbocycles. The van der Waals surface area contributed by atoms with E-state index in [4.69, 9.17) is 9.84 Å². The van der Waals surface area contributed by atoms with Gasteiger partial charge < -0.3 is 9.84 Å². The van der Waals surface area contributed by atoms with Crippen molar-refractivity contribution in [3.05, 3.63) is 53.1 Å². The number of fused-ring (bicyclic) bond motifs is 1. The van der Waals surface area contributed by atoms with Crippen LogP contribution in [0, 0.1) is 0 Å². The number of carboxylic acids is 1. The molecule has 0 saturated heterocycles. The zero-order valence-corrected chi connectivity index (χ0v) is 14.0. The number of hydrogen-bond acceptors (Lipinski definition) is 4. The summed E-state index contributed by atoms with van der Waals surface area (Å²) in [5.41, 5.74) is 4.25. The summed E-state index contributed by atoms with van der Waals surface area (Å²) >= 11 is 0. The molecule has 1 N–H and O–H groups in total. The van der Waals surface area contributed by atoms with Crippen LogP contribution in [-0.2, 0) is 5.41 Å². The van der Waals surface area contributed by atoms with Crippen LogP contribution >= 0.6 is 0 Å². The molecule has 124 valence electrons. The molecule has 5 heteroatoms. The molecule has 1 aliphatic heterocycles. The molecule has 0 amide bonds. The highest BCUT2D eigenvalue weighted by Gasteiger charge is 2.28. The van der Waals surface area contributed by atoms with Gasteiger partial charge in [-0.25, -0.2) is 14.8 Å². The average Bonchev–Trinajstić information content (AvgIpc) is 2.55. The maximum absolute atomic E-state index is 10.8. The van der Waals surface area contributed by atoms with E-state index in [0.29, 0.717) is 0 Å². The Balaban J connectivity index is 1.92. The highest BCUT2D eigenvalue weighted by molar-refractivity contribution is 5.84. The van der Waals surface area contributed by atoms with Gasteiger partial charge in [-0.1, -0.05) is 19.9 Å². The molecule has 1 aromatic heterocycles. The van der Waals surface area contributed by atoms with E-state index < -0.39 is 5.97 Å². The quantitative estimate of drug-likeness (QED) is 0.930. The third kappa shape index (κ3) is 3.15. The van der Waals surface area contributed by atoms with Crippen molar-refractivity contribution in [2.75, 3.05) is 6.61 Å². The maximum Gasteiger partial charge on any atom is 0.373 e. The van der Waals surface area contributed by atoms with Crippen LogP contribution in [0.2, 0.25) is 0 Å². The van der Waals surface area contributed by atoms with Gasteiger partial charge in [-0.3, -0.25) is 0 Å². The molecule has 5 nitrogen and oxygen atoms in total. The monoisotopic (exact) mass is 324 g/mol. The third-order valence-corrected chi connectivity index (χ3v) is 4.39.